The van der Waals surface area contributed by atoms with Crippen molar-refractivity contribution in [3.8, 4) is 10.6 Å². The van der Waals surface area contributed by atoms with Gasteiger partial charge in [0.25, 0.3) is 0 Å². The van der Waals surface area contributed by atoms with Gasteiger partial charge in [0.2, 0.25) is 0 Å². The first-order valence-electron chi connectivity index (χ1n) is 9.67. The Kier molecular flexibility index (Phi) is 5.87. The molecule has 0 unspecified atom stereocenters. The van der Waals surface area contributed by atoms with E-state index < -0.39 is 0 Å². The highest BCUT2D eigenvalue weighted by Crippen LogP contribution is 2.24. The summed E-state index contributed by atoms with van der Waals surface area (Å²) in [6, 6.07) is 14.0. The summed E-state index contributed by atoms with van der Waals surface area (Å²) in [5.74, 6) is 0.569. The molecule has 3 heterocycles. The summed E-state index contributed by atoms with van der Waals surface area (Å²) in [6.45, 7) is 6.43. The molecule has 1 aliphatic heterocycles. The lowest BCUT2D eigenvalue weighted by molar-refractivity contribution is 0.0599. The summed E-state index contributed by atoms with van der Waals surface area (Å²) in [5.41, 5.74) is 3.52. The van der Waals surface area contributed by atoms with Crippen LogP contribution in [-0.4, -0.2) is 54.1 Å². The quantitative estimate of drug-likeness (QED) is 0.601. The number of aromatic nitrogens is 2. The van der Waals surface area contributed by atoms with E-state index in [0.29, 0.717) is 11.3 Å². The van der Waals surface area contributed by atoms with Crippen LogP contribution >= 0.6 is 11.3 Å². The van der Waals surface area contributed by atoms with E-state index in [4.69, 9.17) is 9.72 Å². The van der Waals surface area contributed by atoms with Crippen molar-refractivity contribution in [3.05, 3.63) is 64.8 Å². The van der Waals surface area contributed by atoms with Crippen molar-refractivity contribution in [2.45, 2.75) is 13.5 Å². The van der Waals surface area contributed by atoms with Gasteiger partial charge in [0.05, 0.1) is 24.1 Å². The molecule has 0 bridgehead atoms. The van der Waals surface area contributed by atoms with E-state index in [2.05, 4.69) is 32.3 Å². The Bertz CT molecular complexity index is 981. The number of rotatable bonds is 5. The van der Waals surface area contributed by atoms with Gasteiger partial charge in [0.1, 0.15) is 10.8 Å². The fourth-order valence-corrected chi connectivity index (χ4v) is 4.32. The topological polar surface area (TPSA) is 58.6 Å². The van der Waals surface area contributed by atoms with Crippen LogP contribution in [-0.2, 0) is 11.3 Å². The third-order valence-electron chi connectivity index (χ3n) is 5.13. The zero-order valence-corrected chi connectivity index (χ0v) is 17.5. The standard InChI is InChI=1S/C22H24N4O2S/c1-16-19(22(27)28-2)8-9-20(23-16)26-12-10-25(11-13-26)14-18-15-29-21(24-18)17-6-4-3-5-7-17/h3-9,15H,10-14H2,1-2H3. The fourth-order valence-electron chi connectivity index (χ4n) is 3.51. The zero-order chi connectivity index (χ0) is 20.2. The van der Waals surface area contributed by atoms with Crippen molar-refractivity contribution in [2.75, 3.05) is 38.2 Å². The summed E-state index contributed by atoms with van der Waals surface area (Å²) in [7, 11) is 1.39. The number of aryl methyl sites for hydroxylation is 1. The molecule has 0 amide bonds. The minimum Gasteiger partial charge on any atom is -0.465 e. The van der Waals surface area contributed by atoms with Crippen molar-refractivity contribution >= 4 is 23.1 Å². The number of ether oxygens (including phenoxy) is 1. The van der Waals surface area contributed by atoms with Gasteiger partial charge >= 0.3 is 5.97 Å². The van der Waals surface area contributed by atoms with Gasteiger partial charge < -0.3 is 9.64 Å². The zero-order valence-electron chi connectivity index (χ0n) is 16.7. The molecule has 6 nitrogen and oxygen atoms in total. The summed E-state index contributed by atoms with van der Waals surface area (Å²) in [5, 5.41) is 3.23. The van der Waals surface area contributed by atoms with E-state index in [-0.39, 0.29) is 5.97 Å². The predicted octanol–water partition coefficient (Wildman–Crippen LogP) is 3.62. The number of methoxy groups -OCH3 is 1. The summed E-state index contributed by atoms with van der Waals surface area (Å²) in [6.07, 6.45) is 0. The number of esters is 1. The van der Waals surface area contributed by atoms with E-state index >= 15 is 0 Å². The van der Waals surface area contributed by atoms with Crippen LogP contribution in [0.1, 0.15) is 21.7 Å². The maximum atomic E-state index is 11.7. The predicted molar refractivity (Wildman–Crippen MR) is 115 cm³/mol. The molecule has 1 aromatic carbocycles. The normalized spacial score (nSPS) is 14.8. The Morgan fingerprint density at radius 1 is 1.07 bits per heavy atom. The smallest absolute Gasteiger partial charge is 0.339 e. The van der Waals surface area contributed by atoms with E-state index in [1.165, 1.54) is 12.7 Å². The molecular weight excluding hydrogens is 384 g/mol. The number of thiazole rings is 1. The number of nitrogens with zero attached hydrogens (tertiary/aromatic N) is 4. The SMILES string of the molecule is COC(=O)c1ccc(N2CCN(Cc3csc(-c4ccccc4)n3)CC2)nc1C. The maximum absolute atomic E-state index is 11.7. The van der Waals surface area contributed by atoms with Gasteiger partial charge in [-0.2, -0.15) is 0 Å². The number of pyridine rings is 1. The summed E-state index contributed by atoms with van der Waals surface area (Å²) in [4.78, 5) is 25.8. The molecule has 1 aliphatic rings. The molecule has 150 valence electrons. The second-order valence-corrected chi connectivity index (χ2v) is 7.93. The highest BCUT2D eigenvalue weighted by molar-refractivity contribution is 7.13. The minimum absolute atomic E-state index is 0.343. The van der Waals surface area contributed by atoms with Crippen molar-refractivity contribution < 1.29 is 9.53 Å². The van der Waals surface area contributed by atoms with Crippen molar-refractivity contribution in [2.24, 2.45) is 0 Å². The highest BCUT2D eigenvalue weighted by Gasteiger charge is 2.20. The van der Waals surface area contributed by atoms with Crippen LogP contribution in [0.25, 0.3) is 10.6 Å². The van der Waals surface area contributed by atoms with Gasteiger partial charge in [-0.25, -0.2) is 14.8 Å². The molecule has 1 saturated heterocycles. The molecule has 7 heteroatoms. The Morgan fingerprint density at radius 3 is 2.52 bits per heavy atom. The van der Waals surface area contributed by atoms with Gasteiger partial charge in [-0.3, -0.25) is 4.90 Å². The number of benzene rings is 1. The van der Waals surface area contributed by atoms with E-state index in [1.807, 2.05) is 31.2 Å². The van der Waals surface area contributed by atoms with Gasteiger partial charge in [-0.1, -0.05) is 30.3 Å². The molecule has 0 atom stereocenters. The first-order chi connectivity index (χ1) is 14.1. The minimum atomic E-state index is -0.343. The molecule has 4 rings (SSSR count). The molecule has 3 aromatic rings. The van der Waals surface area contributed by atoms with Gasteiger partial charge in [-0.15, -0.1) is 11.3 Å². The van der Waals surface area contributed by atoms with Gasteiger partial charge in [-0.05, 0) is 19.1 Å². The lowest BCUT2D eigenvalue weighted by Gasteiger charge is -2.35. The van der Waals surface area contributed by atoms with Crippen LogP contribution in [0.5, 0.6) is 0 Å². The third-order valence-corrected chi connectivity index (χ3v) is 6.07. The van der Waals surface area contributed by atoms with E-state index in [1.54, 1.807) is 17.4 Å². The number of carbonyl (C=O) groups excluding carboxylic acids is 1. The average Bonchev–Trinajstić information content (AvgIpc) is 3.23. The van der Waals surface area contributed by atoms with Crippen LogP contribution in [0.15, 0.2) is 47.8 Å². The second-order valence-electron chi connectivity index (χ2n) is 7.07. The Labute approximate surface area is 174 Å². The fraction of sp³-hybridized carbons (Fsp3) is 0.318. The molecule has 0 aliphatic carbocycles. The van der Waals surface area contributed by atoms with E-state index in [0.717, 1.165) is 49.2 Å². The number of piperazine rings is 1. The lowest BCUT2D eigenvalue weighted by atomic mass is 10.2. The first kappa shape index (κ1) is 19.5. The Morgan fingerprint density at radius 2 is 1.83 bits per heavy atom. The summed E-state index contributed by atoms with van der Waals surface area (Å²) >= 11 is 1.70. The second kappa shape index (κ2) is 8.71. The average molecular weight is 409 g/mol. The molecule has 0 spiro atoms. The van der Waals surface area contributed by atoms with Gasteiger partial charge in [0, 0.05) is 43.7 Å². The lowest BCUT2D eigenvalue weighted by Crippen LogP contribution is -2.46. The van der Waals surface area contributed by atoms with Crippen LogP contribution in [0, 0.1) is 6.92 Å². The molecule has 0 N–H and O–H groups in total. The number of anilines is 1. The maximum Gasteiger partial charge on any atom is 0.339 e. The Balaban J connectivity index is 1.35. The molecular formula is C22H24N4O2S. The van der Waals surface area contributed by atoms with Crippen LogP contribution in [0.2, 0.25) is 0 Å². The third kappa shape index (κ3) is 4.46. The number of carbonyl (C=O) groups is 1. The monoisotopic (exact) mass is 408 g/mol. The molecule has 2 aromatic heterocycles. The largest absolute Gasteiger partial charge is 0.465 e. The van der Waals surface area contributed by atoms with Gasteiger partial charge in [0.15, 0.2) is 0 Å². The van der Waals surface area contributed by atoms with Crippen molar-refractivity contribution in [1.82, 2.24) is 14.9 Å². The van der Waals surface area contributed by atoms with Crippen LogP contribution < -0.4 is 4.90 Å². The molecule has 0 radical (unpaired) electrons. The van der Waals surface area contributed by atoms with Crippen molar-refractivity contribution in [1.29, 1.82) is 0 Å². The Hall–Kier alpha value is -2.77. The van der Waals surface area contributed by atoms with E-state index in [9.17, 15) is 4.79 Å². The molecule has 0 saturated carbocycles. The molecule has 29 heavy (non-hydrogen) atoms. The number of hydrogen-bond acceptors (Lipinski definition) is 7. The highest BCUT2D eigenvalue weighted by atomic mass is 32.1. The van der Waals surface area contributed by atoms with Crippen LogP contribution in [0.4, 0.5) is 5.82 Å². The first-order valence-corrected chi connectivity index (χ1v) is 10.5. The number of hydrogen-bond donors (Lipinski definition) is 0. The summed E-state index contributed by atoms with van der Waals surface area (Å²) < 4.78 is 4.80. The van der Waals surface area contributed by atoms with Crippen LogP contribution in [0.3, 0.4) is 0 Å². The molecule has 1 fully saturated rings. The van der Waals surface area contributed by atoms with Crippen molar-refractivity contribution in [3.63, 3.8) is 0 Å².